The summed E-state index contributed by atoms with van der Waals surface area (Å²) < 4.78 is 0. The third-order valence-corrected chi connectivity index (χ3v) is 3.54. The van der Waals surface area contributed by atoms with Crippen molar-refractivity contribution in [2.45, 2.75) is 26.7 Å². The van der Waals surface area contributed by atoms with Crippen LogP contribution in [0.15, 0.2) is 18.2 Å². The Balaban J connectivity index is 3.10. The first-order chi connectivity index (χ1) is 7.96. The molecule has 0 heterocycles. The van der Waals surface area contributed by atoms with Gasteiger partial charge in [0.1, 0.15) is 0 Å². The van der Waals surface area contributed by atoms with Gasteiger partial charge < -0.3 is 16.6 Å². The molecule has 5 N–H and O–H groups in total. The normalized spacial score (nSPS) is 14.3. The molecule has 1 unspecified atom stereocenters. The molecule has 1 aromatic rings. The molecule has 0 saturated heterocycles. The van der Waals surface area contributed by atoms with Crippen molar-refractivity contribution in [3.8, 4) is 0 Å². The summed E-state index contributed by atoms with van der Waals surface area (Å²) in [6, 6.07) is 5.57. The molecule has 0 radical (unpaired) electrons. The number of hydrogen-bond acceptors (Lipinski definition) is 3. The molecular formula is C13H20N2O2. The first-order valence-electron chi connectivity index (χ1n) is 5.74. The van der Waals surface area contributed by atoms with E-state index < -0.39 is 11.4 Å². The number of carbonyl (C=O) groups is 1. The van der Waals surface area contributed by atoms with Crippen molar-refractivity contribution in [3.05, 3.63) is 29.3 Å². The van der Waals surface area contributed by atoms with Gasteiger partial charge in [-0.1, -0.05) is 19.1 Å². The van der Waals surface area contributed by atoms with E-state index in [0.29, 0.717) is 18.5 Å². The first kappa shape index (κ1) is 13.5. The zero-order valence-electron chi connectivity index (χ0n) is 10.4. The average molecular weight is 236 g/mol. The Labute approximate surface area is 102 Å². The van der Waals surface area contributed by atoms with Crippen LogP contribution in [0.5, 0.6) is 0 Å². The highest BCUT2D eigenvalue weighted by Crippen LogP contribution is 2.29. The number of benzene rings is 1. The van der Waals surface area contributed by atoms with Gasteiger partial charge in [-0.05, 0) is 37.0 Å². The number of anilines is 1. The number of nitrogens with two attached hydrogens (primary N) is 2. The SMILES string of the molecule is CCC(CN)(Cc1cccc(N)c1C)C(=O)O. The van der Waals surface area contributed by atoms with Crippen molar-refractivity contribution < 1.29 is 9.90 Å². The third-order valence-electron chi connectivity index (χ3n) is 3.54. The van der Waals surface area contributed by atoms with Crippen LogP contribution in [0.25, 0.3) is 0 Å². The van der Waals surface area contributed by atoms with Gasteiger partial charge in [-0.15, -0.1) is 0 Å². The van der Waals surface area contributed by atoms with Crippen molar-refractivity contribution in [2.24, 2.45) is 11.1 Å². The number of aliphatic carboxylic acids is 1. The van der Waals surface area contributed by atoms with Gasteiger partial charge >= 0.3 is 5.97 Å². The van der Waals surface area contributed by atoms with Gasteiger partial charge in [0.15, 0.2) is 0 Å². The molecule has 1 atom stereocenters. The van der Waals surface area contributed by atoms with Gasteiger partial charge in [0.2, 0.25) is 0 Å². The van der Waals surface area contributed by atoms with Gasteiger partial charge in [-0.3, -0.25) is 4.79 Å². The summed E-state index contributed by atoms with van der Waals surface area (Å²) in [5.74, 6) is -0.843. The van der Waals surface area contributed by atoms with E-state index in [-0.39, 0.29) is 6.54 Å². The van der Waals surface area contributed by atoms with E-state index >= 15 is 0 Å². The van der Waals surface area contributed by atoms with E-state index in [0.717, 1.165) is 11.1 Å². The zero-order chi connectivity index (χ0) is 13.1. The predicted octanol–water partition coefficient (Wildman–Crippen LogP) is 1.56. The standard InChI is InChI=1S/C13H20N2O2/c1-3-13(8-14,12(16)17)7-10-5-4-6-11(15)9(10)2/h4-6H,3,7-8,14-15H2,1-2H3,(H,16,17). The third kappa shape index (κ3) is 2.58. The molecular weight excluding hydrogens is 216 g/mol. The summed E-state index contributed by atoms with van der Waals surface area (Å²) in [5.41, 5.74) is 13.2. The Morgan fingerprint density at radius 1 is 1.47 bits per heavy atom. The molecule has 0 aliphatic carbocycles. The quantitative estimate of drug-likeness (QED) is 0.677. The molecule has 4 nitrogen and oxygen atoms in total. The van der Waals surface area contributed by atoms with E-state index in [1.54, 1.807) is 0 Å². The number of carboxylic acids is 1. The molecule has 0 aliphatic heterocycles. The molecule has 1 aromatic carbocycles. The number of carboxylic acid groups (broad SMARTS) is 1. The minimum atomic E-state index is -0.890. The van der Waals surface area contributed by atoms with Crippen molar-refractivity contribution in [2.75, 3.05) is 12.3 Å². The lowest BCUT2D eigenvalue weighted by atomic mass is 9.78. The molecule has 0 aliphatic rings. The lowest BCUT2D eigenvalue weighted by Crippen LogP contribution is -2.40. The molecule has 0 saturated carbocycles. The zero-order valence-corrected chi connectivity index (χ0v) is 10.4. The predicted molar refractivity (Wildman–Crippen MR) is 68.7 cm³/mol. The van der Waals surface area contributed by atoms with Crippen molar-refractivity contribution in [1.82, 2.24) is 0 Å². The van der Waals surface area contributed by atoms with Crippen LogP contribution in [0.4, 0.5) is 5.69 Å². The molecule has 4 heteroatoms. The summed E-state index contributed by atoms with van der Waals surface area (Å²) in [6.45, 7) is 3.89. The first-order valence-corrected chi connectivity index (χ1v) is 5.74. The van der Waals surface area contributed by atoms with Gasteiger partial charge in [-0.2, -0.15) is 0 Å². The topological polar surface area (TPSA) is 89.3 Å². The van der Waals surface area contributed by atoms with Gasteiger partial charge in [0.25, 0.3) is 0 Å². The Bertz CT molecular complexity index is 412. The van der Waals surface area contributed by atoms with E-state index in [1.807, 2.05) is 32.0 Å². The van der Waals surface area contributed by atoms with Gasteiger partial charge in [-0.25, -0.2) is 0 Å². The van der Waals surface area contributed by atoms with Crippen LogP contribution in [0.2, 0.25) is 0 Å². The highest BCUT2D eigenvalue weighted by Gasteiger charge is 2.35. The minimum Gasteiger partial charge on any atom is -0.481 e. The van der Waals surface area contributed by atoms with E-state index in [4.69, 9.17) is 11.5 Å². The molecule has 0 fully saturated rings. The summed E-state index contributed by atoms with van der Waals surface area (Å²) in [4.78, 5) is 11.4. The van der Waals surface area contributed by atoms with E-state index in [2.05, 4.69) is 0 Å². The molecule has 0 amide bonds. The highest BCUT2D eigenvalue weighted by atomic mass is 16.4. The fourth-order valence-electron chi connectivity index (χ4n) is 1.92. The Hall–Kier alpha value is -1.55. The fraction of sp³-hybridized carbons (Fsp3) is 0.462. The second kappa shape index (κ2) is 5.19. The van der Waals surface area contributed by atoms with Crippen LogP contribution in [0.1, 0.15) is 24.5 Å². The molecule has 94 valence electrons. The van der Waals surface area contributed by atoms with E-state index in [9.17, 15) is 9.90 Å². The maximum atomic E-state index is 11.4. The molecule has 0 aromatic heterocycles. The van der Waals surface area contributed by atoms with Crippen molar-refractivity contribution in [3.63, 3.8) is 0 Å². The Kier molecular flexibility index (Phi) is 4.12. The van der Waals surface area contributed by atoms with Crippen LogP contribution in [-0.4, -0.2) is 17.6 Å². The second-order valence-electron chi connectivity index (χ2n) is 4.45. The van der Waals surface area contributed by atoms with Gasteiger partial charge in [0.05, 0.1) is 5.41 Å². The van der Waals surface area contributed by atoms with Gasteiger partial charge in [0, 0.05) is 12.2 Å². The summed E-state index contributed by atoms with van der Waals surface area (Å²) in [7, 11) is 0. The van der Waals surface area contributed by atoms with Crippen LogP contribution in [0.3, 0.4) is 0 Å². The van der Waals surface area contributed by atoms with Crippen LogP contribution < -0.4 is 11.5 Å². The fourth-order valence-corrected chi connectivity index (χ4v) is 1.92. The number of rotatable bonds is 5. The van der Waals surface area contributed by atoms with Crippen molar-refractivity contribution >= 4 is 11.7 Å². The number of hydrogen-bond donors (Lipinski definition) is 3. The molecule has 17 heavy (non-hydrogen) atoms. The minimum absolute atomic E-state index is 0.132. The number of nitrogen functional groups attached to an aromatic ring is 1. The van der Waals surface area contributed by atoms with Crippen LogP contribution in [-0.2, 0) is 11.2 Å². The largest absolute Gasteiger partial charge is 0.481 e. The maximum Gasteiger partial charge on any atom is 0.311 e. The summed E-state index contributed by atoms with van der Waals surface area (Å²) >= 11 is 0. The van der Waals surface area contributed by atoms with Crippen LogP contribution in [0, 0.1) is 12.3 Å². The summed E-state index contributed by atoms with van der Waals surface area (Å²) in [6.07, 6.45) is 0.930. The maximum absolute atomic E-state index is 11.4. The monoisotopic (exact) mass is 236 g/mol. The lowest BCUT2D eigenvalue weighted by molar-refractivity contribution is -0.148. The second-order valence-corrected chi connectivity index (χ2v) is 4.45. The molecule has 0 bridgehead atoms. The molecule has 1 rings (SSSR count). The molecule has 0 spiro atoms. The highest BCUT2D eigenvalue weighted by molar-refractivity contribution is 5.75. The lowest BCUT2D eigenvalue weighted by Gasteiger charge is -2.27. The van der Waals surface area contributed by atoms with E-state index in [1.165, 1.54) is 0 Å². The Morgan fingerprint density at radius 2 is 2.12 bits per heavy atom. The Morgan fingerprint density at radius 3 is 2.59 bits per heavy atom. The van der Waals surface area contributed by atoms with Crippen molar-refractivity contribution in [1.29, 1.82) is 0 Å². The average Bonchev–Trinajstić information content (AvgIpc) is 2.31. The summed E-state index contributed by atoms with van der Waals surface area (Å²) in [5, 5.41) is 9.33. The van der Waals surface area contributed by atoms with Crippen LogP contribution >= 0.6 is 0 Å². The smallest absolute Gasteiger partial charge is 0.311 e.